The first-order valence-electron chi connectivity index (χ1n) is 6.54. The van der Waals surface area contributed by atoms with Crippen LogP contribution in [0.15, 0.2) is 36.4 Å². The average molecular weight is 289 g/mol. The average Bonchev–Trinajstić information content (AvgIpc) is 2.50. The SMILES string of the molecule is CNC(=O)CS[C@@H](C)c1ccc2cc(OC)ccc2c1. The van der Waals surface area contributed by atoms with Crippen LogP contribution in [0.1, 0.15) is 17.7 Å². The highest BCUT2D eigenvalue weighted by Crippen LogP contribution is 2.31. The van der Waals surface area contributed by atoms with E-state index in [-0.39, 0.29) is 5.91 Å². The number of hydrogen-bond acceptors (Lipinski definition) is 3. The van der Waals surface area contributed by atoms with Gasteiger partial charge in [0.1, 0.15) is 5.75 Å². The molecule has 2 rings (SSSR count). The topological polar surface area (TPSA) is 38.3 Å². The molecule has 0 aromatic heterocycles. The zero-order chi connectivity index (χ0) is 14.5. The van der Waals surface area contributed by atoms with E-state index in [1.54, 1.807) is 25.9 Å². The highest BCUT2D eigenvalue weighted by Gasteiger charge is 2.09. The van der Waals surface area contributed by atoms with Crippen molar-refractivity contribution in [1.82, 2.24) is 5.32 Å². The van der Waals surface area contributed by atoms with E-state index < -0.39 is 0 Å². The summed E-state index contributed by atoms with van der Waals surface area (Å²) in [5.74, 6) is 1.41. The van der Waals surface area contributed by atoms with Crippen molar-refractivity contribution >= 4 is 28.4 Å². The first-order valence-corrected chi connectivity index (χ1v) is 7.59. The maximum absolute atomic E-state index is 11.3. The Morgan fingerprint density at radius 2 is 1.95 bits per heavy atom. The van der Waals surface area contributed by atoms with Crippen molar-refractivity contribution < 1.29 is 9.53 Å². The minimum Gasteiger partial charge on any atom is -0.497 e. The minimum absolute atomic E-state index is 0.0624. The van der Waals surface area contributed by atoms with E-state index in [0.29, 0.717) is 11.0 Å². The molecule has 2 aromatic rings. The maximum Gasteiger partial charge on any atom is 0.229 e. The molecule has 4 heteroatoms. The third kappa shape index (κ3) is 3.45. The molecule has 0 unspecified atom stereocenters. The predicted molar refractivity (Wildman–Crippen MR) is 85.4 cm³/mol. The number of fused-ring (bicyclic) bond motifs is 1. The maximum atomic E-state index is 11.3. The van der Waals surface area contributed by atoms with Crippen LogP contribution in [-0.2, 0) is 4.79 Å². The molecule has 20 heavy (non-hydrogen) atoms. The zero-order valence-corrected chi connectivity index (χ0v) is 12.8. The van der Waals surface area contributed by atoms with Crippen LogP contribution in [0.4, 0.5) is 0 Å². The number of benzene rings is 2. The van der Waals surface area contributed by atoms with E-state index in [1.807, 2.05) is 12.1 Å². The van der Waals surface area contributed by atoms with Crippen molar-refractivity contribution in [2.75, 3.05) is 19.9 Å². The van der Waals surface area contributed by atoms with Crippen molar-refractivity contribution in [3.05, 3.63) is 42.0 Å². The molecule has 0 aliphatic carbocycles. The van der Waals surface area contributed by atoms with E-state index in [4.69, 9.17) is 4.74 Å². The summed E-state index contributed by atoms with van der Waals surface area (Å²) in [7, 11) is 3.34. The third-order valence-electron chi connectivity index (χ3n) is 3.28. The molecule has 0 saturated heterocycles. The molecular weight excluding hydrogens is 270 g/mol. The van der Waals surface area contributed by atoms with Gasteiger partial charge in [0.25, 0.3) is 0 Å². The van der Waals surface area contributed by atoms with Crippen LogP contribution in [0.25, 0.3) is 10.8 Å². The third-order valence-corrected chi connectivity index (χ3v) is 4.49. The van der Waals surface area contributed by atoms with Gasteiger partial charge in [-0.15, -0.1) is 11.8 Å². The molecule has 0 bridgehead atoms. The van der Waals surface area contributed by atoms with Crippen molar-refractivity contribution in [3.8, 4) is 5.75 Å². The molecule has 0 aliphatic rings. The summed E-state index contributed by atoms with van der Waals surface area (Å²) >= 11 is 1.64. The highest BCUT2D eigenvalue weighted by molar-refractivity contribution is 8.00. The Morgan fingerprint density at radius 1 is 1.25 bits per heavy atom. The van der Waals surface area contributed by atoms with Crippen LogP contribution in [0, 0.1) is 0 Å². The lowest BCUT2D eigenvalue weighted by molar-refractivity contribution is -0.118. The van der Waals surface area contributed by atoms with Crippen LogP contribution >= 0.6 is 11.8 Å². The van der Waals surface area contributed by atoms with Crippen molar-refractivity contribution in [1.29, 1.82) is 0 Å². The molecular formula is C16H19NO2S. The van der Waals surface area contributed by atoms with Gasteiger partial charge in [0, 0.05) is 12.3 Å². The van der Waals surface area contributed by atoms with E-state index in [1.165, 1.54) is 10.9 Å². The summed E-state index contributed by atoms with van der Waals surface area (Å²) in [5, 5.41) is 5.28. The lowest BCUT2D eigenvalue weighted by atomic mass is 10.1. The van der Waals surface area contributed by atoms with Gasteiger partial charge in [-0.3, -0.25) is 4.79 Å². The number of amides is 1. The number of nitrogens with one attached hydrogen (secondary N) is 1. The fraction of sp³-hybridized carbons (Fsp3) is 0.312. The fourth-order valence-electron chi connectivity index (χ4n) is 1.99. The Labute approximate surface area is 123 Å². The first-order chi connectivity index (χ1) is 9.63. The molecule has 1 N–H and O–H groups in total. The van der Waals surface area contributed by atoms with E-state index in [9.17, 15) is 4.79 Å². The molecule has 1 amide bonds. The molecule has 106 valence electrons. The van der Waals surface area contributed by atoms with Gasteiger partial charge in [-0.2, -0.15) is 0 Å². The summed E-state index contributed by atoms with van der Waals surface area (Å²) in [5.41, 5.74) is 1.23. The van der Waals surface area contributed by atoms with Crippen molar-refractivity contribution in [2.45, 2.75) is 12.2 Å². The monoisotopic (exact) mass is 289 g/mol. The summed E-state index contributed by atoms with van der Waals surface area (Å²) in [6.45, 7) is 2.12. The Hall–Kier alpha value is -1.68. The second kappa shape index (κ2) is 6.66. The number of rotatable bonds is 5. The lowest BCUT2D eigenvalue weighted by Gasteiger charge is -2.12. The number of methoxy groups -OCH3 is 1. The summed E-state index contributed by atoms with van der Waals surface area (Å²) < 4.78 is 5.23. The molecule has 0 aliphatic heterocycles. The Balaban J connectivity index is 2.16. The summed E-state index contributed by atoms with van der Waals surface area (Å²) in [6.07, 6.45) is 0. The van der Waals surface area contributed by atoms with Gasteiger partial charge in [-0.25, -0.2) is 0 Å². The van der Waals surface area contributed by atoms with Crippen molar-refractivity contribution in [2.24, 2.45) is 0 Å². The van der Waals surface area contributed by atoms with Gasteiger partial charge in [0.05, 0.1) is 12.9 Å². The first kappa shape index (κ1) is 14.7. The largest absolute Gasteiger partial charge is 0.497 e. The number of carbonyl (C=O) groups is 1. The normalized spacial score (nSPS) is 12.2. The molecule has 3 nitrogen and oxygen atoms in total. The van der Waals surface area contributed by atoms with Crippen LogP contribution in [0.2, 0.25) is 0 Å². The van der Waals surface area contributed by atoms with Gasteiger partial charge in [0.15, 0.2) is 0 Å². The fourth-order valence-corrected chi connectivity index (χ4v) is 2.88. The van der Waals surface area contributed by atoms with E-state index in [0.717, 1.165) is 11.1 Å². The van der Waals surface area contributed by atoms with Gasteiger partial charge in [-0.1, -0.05) is 24.3 Å². The van der Waals surface area contributed by atoms with Crippen LogP contribution in [-0.4, -0.2) is 25.8 Å². The highest BCUT2D eigenvalue weighted by atomic mass is 32.2. The number of carbonyl (C=O) groups excluding carboxylic acids is 1. The predicted octanol–water partition coefficient (Wildman–Crippen LogP) is 3.39. The van der Waals surface area contributed by atoms with Gasteiger partial charge in [-0.05, 0) is 35.4 Å². The molecule has 0 radical (unpaired) electrons. The second-order valence-electron chi connectivity index (χ2n) is 4.60. The quantitative estimate of drug-likeness (QED) is 0.917. The van der Waals surface area contributed by atoms with Gasteiger partial charge < -0.3 is 10.1 Å². The molecule has 0 heterocycles. The smallest absolute Gasteiger partial charge is 0.229 e. The Kier molecular flexibility index (Phi) is 4.90. The van der Waals surface area contributed by atoms with Gasteiger partial charge >= 0.3 is 0 Å². The Bertz CT molecular complexity index is 612. The summed E-state index contributed by atoms with van der Waals surface area (Å²) in [4.78, 5) is 11.3. The molecule has 0 saturated carbocycles. The standard InChI is InChI=1S/C16H19NO2S/c1-11(20-10-16(18)17-2)12-4-5-14-9-15(19-3)7-6-13(14)8-12/h4-9,11H,10H2,1-3H3,(H,17,18)/t11-/m0/s1. The van der Waals surface area contributed by atoms with Crippen LogP contribution in [0.3, 0.4) is 0 Å². The molecule has 0 fully saturated rings. The second-order valence-corrected chi connectivity index (χ2v) is 5.93. The molecule has 2 aromatic carbocycles. The van der Waals surface area contributed by atoms with Gasteiger partial charge in [0.2, 0.25) is 5.91 Å². The minimum atomic E-state index is 0.0624. The number of ether oxygens (including phenoxy) is 1. The number of thioether (sulfide) groups is 1. The van der Waals surface area contributed by atoms with E-state index >= 15 is 0 Å². The summed E-state index contributed by atoms with van der Waals surface area (Å²) in [6, 6.07) is 12.5. The van der Waals surface area contributed by atoms with E-state index in [2.05, 4.69) is 36.5 Å². The van der Waals surface area contributed by atoms with Crippen LogP contribution in [0.5, 0.6) is 5.75 Å². The molecule has 0 spiro atoms. The zero-order valence-electron chi connectivity index (χ0n) is 12.0. The number of hydrogen-bond donors (Lipinski definition) is 1. The Morgan fingerprint density at radius 3 is 2.65 bits per heavy atom. The van der Waals surface area contributed by atoms with Crippen LogP contribution < -0.4 is 10.1 Å². The van der Waals surface area contributed by atoms with Crippen molar-refractivity contribution in [3.63, 3.8) is 0 Å². The molecule has 1 atom stereocenters. The lowest BCUT2D eigenvalue weighted by Crippen LogP contribution is -2.20.